The molecule has 0 radical (unpaired) electrons. The number of rotatable bonds is 21. The first-order chi connectivity index (χ1) is 23.5. The van der Waals surface area contributed by atoms with Gasteiger partial charge in [0.2, 0.25) is 0 Å². The normalized spacial score (nSPS) is 17.7. The highest BCUT2D eigenvalue weighted by Crippen LogP contribution is 2.51. The maximum absolute atomic E-state index is 10.7. The predicted molar refractivity (Wildman–Crippen MR) is 201 cm³/mol. The lowest BCUT2D eigenvalue weighted by Crippen LogP contribution is -2.50. The van der Waals surface area contributed by atoms with Crippen molar-refractivity contribution >= 4 is 0 Å². The average molecular weight is 685 g/mol. The molecule has 2 aromatic carbocycles. The Bertz CT molecular complexity index is 1240. The number of phenols is 1. The lowest BCUT2D eigenvalue weighted by molar-refractivity contribution is -0.0656. The Morgan fingerprint density at radius 3 is 2.27 bits per heavy atom. The fourth-order valence-corrected chi connectivity index (χ4v) is 6.66. The van der Waals surface area contributed by atoms with Gasteiger partial charge in [-0.25, -0.2) is 0 Å². The van der Waals surface area contributed by atoms with Crippen molar-refractivity contribution < 1.29 is 24.4 Å². The Morgan fingerprint density at radius 1 is 0.898 bits per heavy atom. The van der Waals surface area contributed by atoms with E-state index in [2.05, 4.69) is 48.9 Å². The van der Waals surface area contributed by atoms with Gasteiger partial charge in [-0.15, -0.1) is 0 Å². The number of nitrogens with two attached hydrogens (primary N) is 1. The fraction of sp³-hybridized carbons (Fsp3) is 0.700. The van der Waals surface area contributed by atoms with Crippen LogP contribution in [0.2, 0.25) is 0 Å². The second kappa shape index (κ2) is 21.0. The number of ether oxygens (including phenoxy) is 3. The Balaban J connectivity index is 0.000000266. The number of nitrogens with one attached hydrogen (secondary N) is 3. The van der Waals surface area contributed by atoms with Crippen molar-refractivity contribution in [3.8, 4) is 23.0 Å². The Hall–Kier alpha value is -2.56. The molecule has 7 N–H and O–H groups in total. The van der Waals surface area contributed by atoms with Crippen molar-refractivity contribution in [2.24, 2.45) is 5.73 Å². The number of methoxy groups -OCH3 is 1. The topological polar surface area (TPSA) is 130 Å². The summed E-state index contributed by atoms with van der Waals surface area (Å²) >= 11 is 0. The van der Waals surface area contributed by atoms with Crippen LogP contribution in [0.5, 0.6) is 23.0 Å². The molecule has 0 fully saturated rings. The van der Waals surface area contributed by atoms with Crippen LogP contribution in [0.15, 0.2) is 30.3 Å². The molecular weight excluding hydrogens is 616 g/mol. The van der Waals surface area contributed by atoms with Gasteiger partial charge in [0.05, 0.1) is 13.7 Å². The first kappa shape index (κ1) is 40.9. The first-order valence-electron chi connectivity index (χ1n) is 18.9. The Labute approximate surface area is 297 Å². The molecule has 2 aromatic rings. The standard InChI is InChI=1S/C22H34O3.C18H34N4O2/c1-6-7-8-9-11-21(2,3)15-13-17-19-16(10-12-24-17)20(23)22(4,5)25-18(19)14-15;1-24-18-14-16(6-7-17(18)23)15-22-13-5-12-21-10-3-2-9-20-11-4-8-19/h13-14,16,20,23H,6-12H2,1-5H3;6-7,14,20-23H,2-5,8-13,15,19H2,1H3. The Morgan fingerprint density at radius 2 is 1.57 bits per heavy atom. The van der Waals surface area contributed by atoms with Gasteiger partial charge in [0.1, 0.15) is 23.2 Å². The fourth-order valence-electron chi connectivity index (χ4n) is 6.66. The van der Waals surface area contributed by atoms with Crippen molar-refractivity contribution in [2.75, 3.05) is 53.0 Å². The molecule has 2 unspecified atom stereocenters. The third kappa shape index (κ3) is 12.9. The summed E-state index contributed by atoms with van der Waals surface area (Å²) < 4.78 is 17.3. The molecule has 0 aromatic heterocycles. The van der Waals surface area contributed by atoms with Crippen molar-refractivity contribution in [1.82, 2.24) is 16.0 Å². The summed E-state index contributed by atoms with van der Waals surface area (Å²) in [6, 6.07) is 9.84. The number of benzene rings is 2. The molecule has 0 spiro atoms. The number of aliphatic hydroxyl groups is 1. The highest BCUT2D eigenvalue weighted by molar-refractivity contribution is 5.55. The molecule has 2 atom stereocenters. The summed E-state index contributed by atoms with van der Waals surface area (Å²) in [7, 11) is 1.56. The number of phenolic OH excluding ortho intramolecular Hbond substituents is 1. The number of hydrogen-bond acceptors (Lipinski definition) is 9. The van der Waals surface area contributed by atoms with Gasteiger partial charge < -0.3 is 46.1 Å². The predicted octanol–water partition coefficient (Wildman–Crippen LogP) is 6.52. The molecule has 0 aliphatic carbocycles. The van der Waals surface area contributed by atoms with Crippen LogP contribution in [-0.2, 0) is 12.0 Å². The second-order valence-corrected chi connectivity index (χ2v) is 14.9. The minimum absolute atomic E-state index is 0.0964. The van der Waals surface area contributed by atoms with Crippen LogP contribution < -0.4 is 35.9 Å². The van der Waals surface area contributed by atoms with E-state index in [-0.39, 0.29) is 17.1 Å². The van der Waals surface area contributed by atoms with Crippen LogP contribution in [0.4, 0.5) is 0 Å². The van der Waals surface area contributed by atoms with Gasteiger partial charge in [-0.2, -0.15) is 0 Å². The smallest absolute Gasteiger partial charge is 0.160 e. The summed E-state index contributed by atoms with van der Waals surface area (Å²) in [5.74, 6) is 2.65. The monoisotopic (exact) mass is 685 g/mol. The van der Waals surface area contributed by atoms with E-state index in [9.17, 15) is 10.2 Å². The lowest BCUT2D eigenvalue weighted by Gasteiger charge is -2.45. The Kier molecular flexibility index (Phi) is 17.5. The minimum atomic E-state index is -0.559. The van der Waals surface area contributed by atoms with Crippen molar-refractivity contribution in [2.45, 2.75) is 128 Å². The van der Waals surface area contributed by atoms with Crippen LogP contribution in [0.3, 0.4) is 0 Å². The maximum atomic E-state index is 10.7. The quantitative estimate of drug-likeness (QED) is 0.0814. The molecule has 0 amide bonds. The molecule has 49 heavy (non-hydrogen) atoms. The van der Waals surface area contributed by atoms with Crippen LogP contribution in [0.1, 0.15) is 121 Å². The summed E-state index contributed by atoms with van der Waals surface area (Å²) in [5, 5.41) is 30.5. The lowest BCUT2D eigenvalue weighted by atomic mass is 9.75. The zero-order valence-electron chi connectivity index (χ0n) is 31.5. The van der Waals surface area contributed by atoms with Gasteiger partial charge >= 0.3 is 0 Å². The van der Waals surface area contributed by atoms with E-state index < -0.39 is 11.7 Å². The summed E-state index contributed by atoms with van der Waals surface area (Å²) in [4.78, 5) is 0. The van der Waals surface area contributed by atoms with Crippen molar-refractivity contribution in [3.05, 3.63) is 47.0 Å². The summed E-state index contributed by atoms with van der Waals surface area (Å²) in [5.41, 5.74) is 8.44. The summed E-state index contributed by atoms with van der Waals surface area (Å²) in [6.07, 6.45) is 11.2. The number of unbranched alkanes of at least 4 members (excludes halogenated alkanes) is 4. The van der Waals surface area contributed by atoms with E-state index in [1.54, 1.807) is 13.2 Å². The average Bonchev–Trinajstić information content (AvgIpc) is 3.08. The van der Waals surface area contributed by atoms with Gasteiger partial charge in [-0.1, -0.05) is 52.5 Å². The molecule has 0 bridgehead atoms. The van der Waals surface area contributed by atoms with E-state index in [0.29, 0.717) is 12.4 Å². The van der Waals surface area contributed by atoms with Gasteiger partial charge in [-0.05, 0) is 132 Å². The van der Waals surface area contributed by atoms with E-state index >= 15 is 0 Å². The number of aliphatic hydroxyl groups excluding tert-OH is 1. The van der Waals surface area contributed by atoms with Gasteiger partial charge in [0.15, 0.2) is 11.5 Å². The highest BCUT2D eigenvalue weighted by atomic mass is 16.5. The molecule has 9 nitrogen and oxygen atoms in total. The third-order valence-electron chi connectivity index (χ3n) is 9.86. The highest BCUT2D eigenvalue weighted by Gasteiger charge is 2.46. The van der Waals surface area contributed by atoms with Gasteiger partial charge in [0.25, 0.3) is 0 Å². The molecule has 2 heterocycles. The molecule has 0 saturated heterocycles. The SMILES string of the molecule is CCCCCCC(C)(C)c1cc2c3c(c1)OC(C)(C)C(O)C3CCO2.COc1cc(CNCCCNCCCCNCCCN)ccc1O. The van der Waals surface area contributed by atoms with Crippen molar-refractivity contribution in [1.29, 1.82) is 0 Å². The second-order valence-electron chi connectivity index (χ2n) is 14.9. The first-order valence-corrected chi connectivity index (χ1v) is 18.9. The van der Waals surface area contributed by atoms with Crippen LogP contribution in [0, 0.1) is 0 Å². The van der Waals surface area contributed by atoms with E-state index in [0.717, 1.165) is 87.7 Å². The number of aromatic hydroxyl groups is 1. The summed E-state index contributed by atoms with van der Waals surface area (Å²) in [6.45, 7) is 18.3. The molecule has 2 aliphatic heterocycles. The van der Waals surface area contributed by atoms with Gasteiger partial charge in [-0.3, -0.25) is 0 Å². The molecule has 0 saturated carbocycles. The minimum Gasteiger partial charge on any atom is -0.504 e. The molecule has 278 valence electrons. The van der Waals surface area contributed by atoms with E-state index in [4.69, 9.17) is 19.9 Å². The van der Waals surface area contributed by atoms with E-state index in [1.807, 2.05) is 26.0 Å². The zero-order chi connectivity index (χ0) is 35.7. The molecule has 2 aliphatic rings. The molecular formula is C40H68N4O5. The van der Waals surface area contributed by atoms with Crippen molar-refractivity contribution in [3.63, 3.8) is 0 Å². The van der Waals surface area contributed by atoms with Crippen LogP contribution in [0.25, 0.3) is 0 Å². The zero-order valence-corrected chi connectivity index (χ0v) is 31.5. The molecule has 9 heteroatoms. The van der Waals surface area contributed by atoms with Gasteiger partial charge in [0, 0.05) is 18.0 Å². The number of hydrogen-bond donors (Lipinski definition) is 6. The largest absolute Gasteiger partial charge is 0.504 e. The molecule has 4 rings (SSSR count). The van der Waals surface area contributed by atoms with Crippen LogP contribution >= 0.6 is 0 Å². The van der Waals surface area contributed by atoms with E-state index in [1.165, 1.54) is 50.5 Å². The maximum Gasteiger partial charge on any atom is 0.160 e. The third-order valence-corrected chi connectivity index (χ3v) is 9.86. The van der Waals surface area contributed by atoms with Crippen LogP contribution in [-0.4, -0.2) is 74.9 Å².